The van der Waals surface area contributed by atoms with E-state index in [4.69, 9.17) is 15.7 Å². The fraction of sp³-hybridized carbons (Fsp3) is 0.333. The summed E-state index contributed by atoms with van der Waals surface area (Å²) in [6.45, 7) is -0.161. The minimum Gasteiger partial charge on any atom is -0.481 e. The maximum atomic E-state index is 12.6. The van der Waals surface area contributed by atoms with Crippen LogP contribution < -0.4 is 10.5 Å². The van der Waals surface area contributed by atoms with E-state index in [0.29, 0.717) is 0 Å². The molecule has 80 valence electrons. The van der Waals surface area contributed by atoms with Crippen molar-refractivity contribution in [3.63, 3.8) is 0 Å². The lowest BCUT2D eigenvalue weighted by Crippen LogP contribution is -2.08. The first-order valence-corrected chi connectivity index (χ1v) is 4.10. The number of methoxy groups -OCH3 is 1. The highest BCUT2D eigenvalue weighted by atomic mass is 19.3. The second-order valence-corrected chi connectivity index (χ2v) is 2.69. The van der Waals surface area contributed by atoms with Gasteiger partial charge in [-0.15, -0.1) is 0 Å². The molecule has 15 heavy (non-hydrogen) atoms. The molecule has 0 fully saturated rings. The van der Waals surface area contributed by atoms with Crippen LogP contribution in [0.15, 0.2) is 6.07 Å². The monoisotopic (exact) mass is 213 g/mol. The maximum Gasteiger partial charge on any atom is 0.266 e. The molecular formula is C9H9F2N3O. The lowest BCUT2D eigenvalue weighted by atomic mass is 10.1. The minimum atomic E-state index is -2.77. The van der Waals surface area contributed by atoms with Crippen molar-refractivity contribution >= 4 is 0 Å². The zero-order valence-corrected chi connectivity index (χ0v) is 8.00. The van der Waals surface area contributed by atoms with Gasteiger partial charge in [0.15, 0.2) is 0 Å². The molecule has 1 heterocycles. The molecule has 0 aliphatic rings. The fourth-order valence-corrected chi connectivity index (χ4v) is 1.18. The Morgan fingerprint density at radius 1 is 1.67 bits per heavy atom. The third-order valence-electron chi connectivity index (χ3n) is 1.86. The number of rotatable bonds is 3. The quantitative estimate of drug-likeness (QED) is 0.822. The van der Waals surface area contributed by atoms with Gasteiger partial charge in [-0.2, -0.15) is 5.26 Å². The predicted molar refractivity (Wildman–Crippen MR) is 48.4 cm³/mol. The Labute approximate surface area is 85.3 Å². The Kier molecular flexibility index (Phi) is 3.52. The molecule has 0 aliphatic carbocycles. The summed E-state index contributed by atoms with van der Waals surface area (Å²) >= 11 is 0. The number of nitrogens with zero attached hydrogens (tertiary/aromatic N) is 2. The second kappa shape index (κ2) is 4.66. The van der Waals surface area contributed by atoms with Crippen LogP contribution in [-0.2, 0) is 6.54 Å². The largest absolute Gasteiger partial charge is 0.481 e. The summed E-state index contributed by atoms with van der Waals surface area (Å²) in [5.74, 6) is 0.108. The van der Waals surface area contributed by atoms with Crippen molar-refractivity contribution < 1.29 is 13.5 Å². The molecule has 4 nitrogen and oxygen atoms in total. The summed E-state index contributed by atoms with van der Waals surface area (Å²) in [6, 6.07) is 2.84. The Bertz CT molecular complexity index is 401. The summed E-state index contributed by atoms with van der Waals surface area (Å²) in [6.07, 6.45) is -2.77. The Hall–Kier alpha value is -1.74. The van der Waals surface area contributed by atoms with Crippen LogP contribution in [-0.4, -0.2) is 12.1 Å². The van der Waals surface area contributed by atoms with Gasteiger partial charge in [0.1, 0.15) is 0 Å². The fourth-order valence-electron chi connectivity index (χ4n) is 1.18. The van der Waals surface area contributed by atoms with Gasteiger partial charge in [0.2, 0.25) is 5.88 Å². The van der Waals surface area contributed by atoms with Crippen LogP contribution >= 0.6 is 0 Å². The number of pyridine rings is 1. The van der Waals surface area contributed by atoms with Crippen molar-refractivity contribution in [3.05, 3.63) is 22.9 Å². The first-order valence-electron chi connectivity index (χ1n) is 4.10. The number of aromatic nitrogens is 1. The lowest BCUT2D eigenvalue weighted by molar-refractivity contribution is 0.149. The van der Waals surface area contributed by atoms with E-state index in [1.807, 2.05) is 0 Å². The van der Waals surface area contributed by atoms with Crippen molar-refractivity contribution in [1.29, 1.82) is 5.26 Å². The van der Waals surface area contributed by atoms with Crippen molar-refractivity contribution in [2.24, 2.45) is 5.73 Å². The molecule has 1 aromatic rings. The average molecular weight is 213 g/mol. The van der Waals surface area contributed by atoms with Crippen molar-refractivity contribution in [2.75, 3.05) is 7.11 Å². The molecule has 0 unspecified atom stereocenters. The molecule has 1 aromatic heterocycles. The second-order valence-electron chi connectivity index (χ2n) is 2.69. The number of hydrogen-bond donors (Lipinski definition) is 1. The summed E-state index contributed by atoms with van der Waals surface area (Å²) in [4.78, 5) is 3.76. The standard InChI is InChI=1S/C9H9F2N3O/c1-15-7-2-5(3-12)8(9(10)11)6(4-13)14-7/h2,9H,4,13H2,1H3. The van der Waals surface area contributed by atoms with Gasteiger partial charge >= 0.3 is 0 Å². The topological polar surface area (TPSA) is 71.9 Å². The molecule has 0 saturated carbocycles. The number of ether oxygens (including phenoxy) is 1. The van der Waals surface area contributed by atoms with Gasteiger partial charge in [0, 0.05) is 12.6 Å². The number of alkyl halides is 2. The molecule has 2 N–H and O–H groups in total. The van der Waals surface area contributed by atoms with Gasteiger partial charge in [-0.25, -0.2) is 13.8 Å². The normalized spacial score (nSPS) is 10.1. The molecule has 0 saturated heterocycles. The van der Waals surface area contributed by atoms with Crippen molar-refractivity contribution in [1.82, 2.24) is 4.98 Å². The number of nitriles is 1. The van der Waals surface area contributed by atoms with Crippen LogP contribution in [0, 0.1) is 11.3 Å². The highest BCUT2D eigenvalue weighted by Crippen LogP contribution is 2.27. The Balaban J connectivity index is 3.41. The van der Waals surface area contributed by atoms with Gasteiger partial charge in [0.05, 0.1) is 30.0 Å². The van der Waals surface area contributed by atoms with E-state index in [0.717, 1.165) is 0 Å². The van der Waals surface area contributed by atoms with Crippen LogP contribution in [0.25, 0.3) is 0 Å². The SMILES string of the molecule is COc1cc(C#N)c(C(F)F)c(CN)n1. The molecule has 0 spiro atoms. The maximum absolute atomic E-state index is 12.6. The highest BCUT2D eigenvalue weighted by Gasteiger charge is 2.20. The van der Waals surface area contributed by atoms with Gasteiger partial charge in [-0.3, -0.25) is 0 Å². The van der Waals surface area contributed by atoms with Crippen LogP contribution in [0.2, 0.25) is 0 Å². The van der Waals surface area contributed by atoms with Crippen LogP contribution in [0.3, 0.4) is 0 Å². The molecule has 0 bridgehead atoms. The third-order valence-corrected chi connectivity index (χ3v) is 1.86. The first-order chi connectivity index (χ1) is 7.13. The zero-order chi connectivity index (χ0) is 11.4. The van der Waals surface area contributed by atoms with Gasteiger partial charge in [-0.05, 0) is 0 Å². The Morgan fingerprint density at radius 2 is 2.33 bits per heavy atom. The van der Waals surface area contributed by atoms with Gasteiger partial charge < -0.3 is 10.5 Å². The van der Waals surface area contributed by atoms with Crippen LogP contribution in [0.5, 0.6) is 5.88 Å². The molecule has 6 heteroatoms. The summed E-state index contributed by atoms with van der Waals surface area (Å²) < 4.78 is 30.0. The van der Waals surface area contributed by atoms with E-state index in [2.05, 4.69) is 4.98 Å². The number of halogens is 2. The predicted octanol–water partition coefficient (Wildman–Crippen LogP) is 1.36. The van der Waals surface area contributed by atoms with E-state index in [1.165, 1.54) is 13.2 Å². The Morgan fingerprint density at radius 3 is 2.73 bits per heavy atom. The highest BCUT2D eigenvalue weighted by molar-refractivity contribution is 5.43. The van der Waals surface area contributed by atoms with E-state index in [9.17, 15) is 8.78 Å². The van der Waals surface area contributed by atoms with E-state index in [-0.39, 0.29) is 23.7 Å². The zero-order valence-electron chi connectivity index (χ0n) is 8.00. The van der Waals surface area contributed by atoms with E-state index < -0.39 is 12.0 Å². The van der Waals surface area contributed by atoms with Crippen molar-refractivity contribution in [3.8, 4) is 11.9 Å². The minimum absolute atomic E-state index is 0.0131. The van der Waals surface area contributed by atoms with Gasteiger partial charge in [0.25, 0.3) is 6.43 Å². The molecule has 0 aliphatic heterocycles. The van der Waals surface area contributed by atoms with Crippen molar-refractivity contribution in [2.45, 2.75) is 13.0 Å². The first kappa shape index (κ1) is 11.3. The summed E-state index contributed by atoms with van der Waals surface area (Å²) in [5.41, 5.74) is 4.69. The van der Waals surface area contributed by atoms with E-state index >= 15 is 0 Å². The smallest absolute Gasteiger partial charge is 0.266 e. The molecule has 0 aromatic carbocycles. The summed E-state index contributed by atoms with van der Waals surface area (Å²) in [5, 5.41) is 8.70. The van der Waals surface area contributed by atoms with Gasteiger partial charge in [-0.1, -0.05) is 0 Å². The molecular weight excluding hydrogens is 204 g/mol. The average Bonchev–Trinajstić information content (AvgIpc) is 2.26. The molecule has 0 radical (unpaired) electrons. The van der Waals surface area contributed by atoms with E-state index in [1.54, 1.807) is 6.07 Å². The molecule has 0 amide bonds. The van der Waals surface area contributed by atoms with Crippen LogP contribution in [0.4, 0.5) is 8.78 Å². The third kappa shape index (κ3) is 2.19. The number of hydrogen-bond acceptors (Lipinski definition) is 4. The number of nitrogens with two attached hydrogens (primary N) is 1. The summed E-state index contributed by atoms with van der Waals surface area (Å²) in [7, 11) is 1.34. The van der Waals surface area contributed by atoms with Crippen LogP contribution in [0.1, 0.15) is 23.2 Å². The molecule has 1 rings (SSSR count). The lowest BCUT2D eigenvalue weighted by Gasteiger charge is -2.09. The molecule has 0 atom stereocenters.